The highest BCUT2D eigenvalue weighted by Gasteiger charge is 2.18. The average molecular weight is 495 g/mol. The van der Waals surface area contributed by atoms with Gasteiger partial charge in [-0.05, 0) is 48.5 Å². The maximum atomic E-state index is 13.4. The normalized spacial score (nSPS) is 11.1. The minimum Gasteiger partial charge on any atom is -0.469 e. The Kier molecular flexibility index (Phi) is 6.82. The van der Waals surface area contributed by atoms with Crippen molar-refractivity contribution in [1.29, 1.82) is 0 Å². The van der Waals surface area contributed by atoms with Crippen molar-refractivity contribution in [2.75, 3.05) is 13.1 Å². The summed E-state index contributed by atoms with van der Waals surface area (Å²) in [6.45, 7) is 2.88. The first kappa shape index (κ1) is 22.0. The SMILES string of the molecule is CCNN(CCc1nc2ccccc2c(=O)n1-c1ccc(Br)cc1)C(=O)Cc1ccco1. The van der Waals surface area contributed by atoms with Crippen LogP contribution in [0.25, 0.3) is 16.6 Å². The van der Waals surface area contributed by atoms with Gasteiger partial charge in [-0.1, -0.05) is 35.0 Å². The van der Waals surface area contributed by atoms with Crippen molar-refractivity contribution in [2.24, 2.45) is 0 Å². The van der Waals surface area contributed by atoms with E-state index in [0.29, 0.717) is 42.0 Å². The van der Waals surface area contributed by atoms with Gasteiger partial charge in [0.2, 0.25) is 5.91 Å². The molecule has 0 fully saturated rings. The third kappa shape index (κ3) is 4.81. The van der Waals surface area contributed by atoms with E-state index in [0.717, 1.165) is 10.2 Å². The fourth-order valence-electron chi connectivity index (χ4n) is 3.56. The van der Waals surface area contributed by atoms with Crippen LogP contribution < -0.4 is 11.0 Å². The molecule has 164 valence electrons. The summed E-state index contributed by atoms with van der Waals surface area (Å²) in [5.41, 5.74) is 4.33. The lowest BCUT2D eigenvalue weighted by Crippen LogP contribution is -2.45. The first-order valence-corrected chi connectivity index (χ1v) is 11.2. The number of nitrogens with one attached hydrogen (secondary N) is 1. The van der Waals surface area contributed by atoms with Crippen molar-refractivity contribution in [3.8, 4) is 5.69 Å². The number of hydrogen-bond acceptors (Lipinski definition) is 5. The molecule has 0 saturated carbocycles. The molecule has 0 aliphatic heterocycles. The number of halogens is 1. The Morgan fingerprint density at radius 3 is 2.62 bits per heavy atom. The number of para-hydroxylation sites is 1. The molecule has 0 radical (unpaired) electrons. The van der Waals surface area contributed by atoms with Crippen LogP contribution in [0.4, 0.5) is 0 Å². The van der Waals surface area contributed by atoms with E-state index >= 15 is 0 Å². The summed E-state index contributed by atoms with van der Waals surface area (Å²) >= 11 is 3.44. The lowest BCUT2D eigenvalue weighted by molar-refractivity contribution is -0.133. The van der Waals surface area contributed by atoms with Crippen LogP contribution in [0.5, 0.6) is 0 Å². The van der Waals surface area contributed by atoms with Crippen LogP contribution in [-0.2, 0) is 17.6 Å². The molecule has 0 atom stereocenters. The van der Waals surface area contributed by atoms with E-state index < -0.39 is 0 Å². The summed E-state index contributed by atoms with van der Waals surface area (Å²) < 4.78 is 7.85. The Labute approximate surface area is 193 Å². The van der Waals surface area contributed by atoms with Gasteiger partial charge in [0.15, 0.2) is 0 Å². The standard InChI is InChI=1S/C24H23BrN4O3/c1-2-26-28(23(30)16-19-6-5-15-32-19)14-13-22-27-21-8-4-3-7-20(21)24(31)29(22)18-11-9-17(25)10-12-18/h3-12,15,26H,2,13-14,16H2,1H3. The lowest BCUT2D eigenvalue weighted by Gasteiger charge is -2.23. The smallest absolute Gasteiger partial charge is 0.265 e. The highest BCUT2D eigenvalue weighted by Crippen LogP contribution is 2.17. The third-order valence-electron chi connectivity index (χ3n) is 5.04. The number of carbonyl (C=O) groups is 1. The van der Waals surface area contributed by atoms with Crippen molar-refractivity contribution in [2.45, 2.75) is 19.8 Å². The molecule has 0 saturated heterocycles. The molecule has 0 aliphatic rings. The van der Waals surface area contributed by atoms with Crippen LogP contribution in [0, 0.1) is 0 Å². The molecule has 1 amide bonds. The van der Waals surface area contributed by atoms with Gasteiger partial charge in [0.05, 0.1) is 29.3 Å². The van der Waals surface area contributed by atoms with Crippen LogP contribution >= 0.6 is 15.9 Å². The Hall–Kier alpha value is -3.23. The first-order chi connectivity index (χ1) is 15.6. The Bertz CT molecular complexity index is 1270. The fourth-order valence-corrected chi connectivity index (χ4v) is 3.82. The molecule has 7 nitrogen and oxygen atoms in total. The highest BCUT2D eigenvalue weighted by atomic mass is 79.9. The second-order valence-corrected chi connectivity index (χ2v) is 8.14. The van der Waals surface area contributed by atoms with E-state index in [9.17, 15) is 9.59 Å². The van der Waals surface area contributed by atoms with Gasteiger partial charge in [-0.15, -0.1) is 0 Å². The van der Waals surface area contributed by atoms with Crippen LogP contribution in [0.2, 0.25) is 0 Å². The van der Waals surface area contributed by atoms with Gasteiger partial charge in [-0.3, -0.25) is 19.2 Å². The second kappa shape index (κ2) is 9.93. The zero-order valence-electron chi connectivity index (χ0n) is 17.6. The van der Waals surface area contributed by atoms with Gasteiger partial charge >= 0.3 is 0 Å². The predicted octanol–water partition coefficient (Wildman–Crippen LogP) is 3.88. The Morgan fingerprint density at radius 1 is 1.12 bits per heavy atom. The van der Waals surface area contributed by atoms with Crippen molar-refractivity contribution < 1.29 is 9.21 Å². The Balaban J connectivity index is 1.67. The number of furan rings is 1. The number of fused-ring (bicyclic) bond motifs is 1. The number of carbonyl (C=O) groups excluding carboxylic acids is 1. The average Bonchev–Trinajstić information content (AvgIpc) is 3.30. The number of hydrogen-bond donors (Lipinski definition) is 1. The zero-order valence-corrected chi connectivity index (χ0v) is 19.2. The van der Waals surface area contributed by atoms with Crippen LogP contribution in [0.1, 0.15) is 18.5 Å². The molecule has 0 aliphatic carbocycles. The van der Waals surface area contributed by atoms with Gasteiger partial charge in [0.25, 0.3) is 5.56 Å². The zero-order chi connectivity index (χ0) is 22.5. The molecule has 4 aromatic rings. The molecule has 1 N–H and O–H groups in total. The number of aromatic nitrogens is 2. The van der Waals surface area contributed by atoms with Crippen molar-refractivity contribution in [1.82, 2.24) is 20.0 Å². The molecule has 32 heavy (non-hydrogen) atoms. The number of rotatable bonds is 8. The van der Waals surface area contributed by atoms with Crippen molar-refractivity contribution in [3.05, 3.63) is 93.3 Å². The summed E-state index contributed by atoms with van der Waals surface area (Å²) in [6.07, 6.45) is 2.10. The largest absolute Gasteiger partial charge is 0.469 e. The van der Waals surface area contributed by atoms with Gasteiger partial charge in [-0.25, -0.2) is 10.4 Å². The number of hydrazine groups is 1. The van der Waals surface area contributed by atoms with E-state index in [1.807, 2.05) is 49.4 Å². The second-order valence-electron chi connectivity index (χ2n) is 7.23. The van der Waals surface area contributed by atoms with Crippen molar-refractivity contribution in [3.63, 3.8) is 0 Å². The minimum atomic E-state index is -0.134. The molecular weight excluding hydrogens is 472 g/mol. The quantitative estimate of drug-likeness (QED) is 0.376. The predicted molar refractivity (Wildman–Crippen MR) is 127 cm³/mol. The van der Waals surface area contributed by atoms with E-state index in [1.165, 1.54) is 0 Å². The summed E-state index contributed by atoms with van der Waals surface area (Å²) in [7, 11) is 0. The number of nitrogens with zero attached hydrogens (tertiary/aromatic N) is 3. The molecule has 0 spiro atoms. The van der Waals surface area contributed by atoms with Gasteiger partial charge in [0.1, 0.15) is 11.6 Å². The molecule has 0 bridgehead atoms. The van der Waals surface area contributed by atoms with Gasteiger partial charge < -0.3 is 4.42 Å². The van der Waals surface area contributed by atoms with Crippen LogP contribution in [-0.4, -0.2) is 33.6 Å². The lowest BCUT2D eigenvalue weighted by atomic mass is 10.2. The summed E-state index contributed by atoms with van der Waals surface area (Å²) in [4.78, 5) is 30.9. The maximum absolute atomic E-state index is 13.4. The van der Waals surface area contributed by atoms with Gasteiger partial charge in [0, 0.05) is 24.0 Å². The molecule has 8 heteroatoms. The highest BCUT2D eigenvalue weighted by molar-refractivity contribution is 9.10. The van der Waals surface area contributed by atoms with E-state index in [2.05, 4.69) is 21.4 Å². The number of amides is 1. The summed E-state index contributed by atoms with van der Waals surface area (Å²) in [5.74, 6) is 1.08. The first-order valence-electron chi connectivity index (χ1n) is 10.4. The monoisotopic (exact) mass is 494 g/mol. The van der Waals surface area contributed by atoms with Crippen molar-refractivity contribution >= 4 is 32.7 Å². The maximum Gasteiger partial charge on any atom is 0.265 e. The third-order valence-corrected chi connectivity index (χ3v) is 5.57. The molecule has 2 aromatic carbocycles. The van der Waals surface area contributed by atoms with Crippen LogP contribution in [0.15, 0.2) is 80.6 Å². The molecule has 2 aromatic heterocycles. The fraction of sp³-hybridized carbons (Fsp3) is 0.208. The van der Waals surface area contributed by atoms with E-state index in [-0.39, 0.29) is 17.9 Å². The molecule has 2 heterocycles. The Morgan fingerprint density at radius 2 is 1.91 bits per heavy atom. The van der Waals surface area contributed by atoms with Gasteiger partial charge in [-0.2, -0.15) is 0 Å². The molecule has 4 rings (SSSR count). The molecular formula is C24H23BrN4O3. The summed E-state index contributed by atoms with van der Waals surface area (Å²) in [6, 6.07) is 18.4. The van der Waals surface area contributed by atoms with E-state index in [4.69, 9.17) is 9.40 Å². The van der Waals surface area contributed by atoms with E-state index in [1.54, 1.807) is 34.0 Å². The topological polar surface area (TPSA) is 80.4 Å². The van der Waals surface area contributed by atoms with Crippen LogP contribution in [0.3, 0.4) is 0 Å². The molecule has 0 unspecified atom stereocenters. The number of benzene rings is 2. The minimum absolute atomic E-state index is 0.111. The summed E-state index contributed by atoms with van der Waals surface area (Å²) in [5, 5.41) is 2.12.